The van der Waals surface area contributed by atoms with Gasteiger partial charge in [-0.3, -0.25) is 14.1 Å². The van der Waals surface area contributed by atoms with Crippen molar-refractivity contribution in [1.82, 2.24) is 14.3 Å². The van der Waals surface area contributed by atoms with E-state index in [-0.39, 0.29) is 17.4 Å². The van der Waals surface area contributed by atoms with Gasteiger partial charge in [-0.1, -0.05) is 60.1 Å². The SMILES string of the molecule is C[C@H](c1ccccc1)N(Cc1cc(=O)n2cc(Cl)ccc2n1)Cc1ccccc1O. The number of nitrogens with zero attached hydrogens (tertiary/aromatic N) is 3. The van der Waals surface area contributed by atoms with Crippen molar-refractivity contribution >= 4 is 17.2 Å². The summed E-state index contributed by atoms with van der Waals surface area (Å²) in [6.45, 7) is 3.09. The Morgan fingerprint density at radius 2 is 1.77 bits per heavy atom. The number of hydrogen-bond donors (Lipinski definition) is 1. The molecular formula is C24H22ClN3O2. The molecule has 0 spiro atoms. The van der Waals surface area contributed by atoms with Gasteiger partial charge in [0.2, 0.25) is 0 Å². The van der Waals surface area contributed by atoms with Crippen LogP contribution in [-0.2, 0) is 13.1 Å². The van der Waals surface area contributed by atoms with E-state index in [4.69, 9.17) is 11.6 Å². The molecule has 4 rings (SSSR count). The first-order chi connectivity index (χ1) is 14.5. The molecule has 152 valence electrons. The van der Waals surface area contributed by atoms with E-state index in [1.165, 1.54) is 4.40 Å². The quantitative estimate of drug-likeness (QED) is 0.487. The van der Waals surface area contributed by atoms with Crippen LogP contribution in [0.4, 0.5) is 0 Å². The second kappa shape index (κ2) is 8.69. The topological polar surface area (TPSA) is 57.8 Å². The highest BCUT2D eigenvalue weighted by molar-refractivity contribution is 6.30. The van der Waals surface area contributed by atoms with Crippen molar-refractivity contribution in [3.63, 3.8) is 0 Å². The fourth-order valence-corrected chi connectivity index (χ4v) is 3.71. The van der Waals surface area contributed by atoms with E-state index in [1.807, 2.05) is 30.3 Å². The zero-order valence-electron chi connectivity index (χ0n) is 16.6. The number of aromatic nitrogens is 2. The zero-order chi connectivity index (χ0) is 21.1. The molecule has 1 atom stereocenters. The van der Waals surface area contributed by atoms with Gasteiger partial charge in [-0.15, -0.1) is 0 Å². The van der Waals surface area contributed by atoms with E-state index in [1.54, 1.807) is 36.5 Å². The Morgan fingerprint density at radius 1 is 1.03 bits per heavy atom. The highest BCUT2D eigenvalue weighted by atomic mass is 35.5. The van der Waals surface area contributed by atoms with Crippen molar-refractivity contribution < 1.29 is 5.11 Å². The summed E-state index contributed by atoms with van der Waals surface area (Å²) in [6, 6.07) is 22.5. The van der Waals surface area contributed by atoms with Gasteiger partial charge in [-0.25, -0.2) is 4.98 Å². The van der Waals surface area contributed by atoms with Crippen LogP contribution in [0.3, 0.4) is 0 Å². The maximum atomic E-state index is 12.6. The van der Waals surface area contributed by atoms with Crippen molar-refractivity contribution in [3.05, 3.63) is 111 Å². The van der Waals surface area contributed by atoms with Crippen molar-refractivity contribution in [2.45, 2.75) is 26.1 Å². The Kier molecular flexibility index (Phi) is 5.84. The summed E-state index contributed by atoms with van der Waals surface area (Å²) in [5.41, 5.74) is 3.02. The van der Waals surface area contributed by atoms with E-state index < -0.39 is 0 Å². The Labute approximate surface area is 179 Å². The molecule has 2 heterocycles. The van der Waals surface area contributed by atoms with Gasteiger partial charge >= 0.3 is 0 Å². The predicted octanol–water partition coefficient (Wildman–Crippen LogP) is 4.82. The third-order valence-electron chi connectivity index (χ3n) is 5.24. The largest absolute Gasteiger partial charge is 0.508 e. The molecule has 2 aromatic carbocycles. The Bertz CT molecular complexity index is 1220. The minimum atomic E-state index is -0.174. The van der Waals surface area contributed by atoms with Crippen LogP contribution in [0.25, 0.3) is 5.65 Å². The van der Waals surface area contributed by atoms with Crippen molar-refractivity contribution in [2.24, 2.45) is 0 Å². The van der Waals surface area contributed by atoms with Gasteiger partial charge in [0.15, 0.2) is 0 Å². The van der Waals surface area contributed by atoms with E-state index >= 15 is 0 Å². The number of para-hydroxylation sites is 1. The lowest BCUT2D eigenvalue weighted by Gasteiger charge is -2.29. The molecule has 0 aliphatic heterocycles. The summed E-state index contributed by atoms with van der Waals surface area (Å²) in [4.78, 5) is 19.4. The highest BCUT2D eigenvalue weighted by Crippen LogP contribution is 2.27. The van der Waals surface area contributed by atoms with Gasteiger partial charge in [0.1, 0.15) is 11.4 Å². The number of pyridine rings is 1. The lowest BCUT2D eigenvalue weighted by atomic mass is 10.1. The third kappa shape index (κ3) is 4.37. The molecule has 4 aromatic rings. The number of aromatic hydroxyl groups is 1. The number of halogens is 1. The molecule has 0 fully saturated rings. The molecule has 0 bridgehead atoms. The van der Waals surface area contributed by atoms with E-state index in [9.17, 15) is 9.90 Å². The van der Waals surface area contributed by atoms with Crippen LogP contribution in [0.5, 0.6) is 5.75 Å². The van der Waals surface area contributed by atoms with Gasteiger partial charge in [-0.2, -0.15) is 0 Å². The van der Waals surface area contributed by atoms with Crippen LogP contribution in [0, 0.1) is 0 Å². The second-order valence-electron chi connectivity index (χ2n) is 7.28. The summed E-state index contributed by atoms with van der Waals surface area (Å²) in [7, 11) is 0. The minimum Gasteiger partial charge on any atom is -0.508 e. The summed E-state index contributed by atoms with van der Waals surface area (Å²) in [5.74, 6) is 0.254. The third-order valence-corrected chi connectivity index (χ3v) is 5.46. The van der Waals surface area contributed by atoms with E-state index in [0.29, 0.717) is 29.5 Å². The molecule has 5 nitrogen and oxygen atoms in total. The minimum absolute atomic E-state index is 0.0521. The molecule has 30 heavy (non-hydrogen) atoms. The predicted molar refractivity (Wildman–Crippen MR) is 119 cm³/mol. The average Bonchev–Trinajstić information content (AvgIpc) is 2.75. The summed E-state index contributed by atoms with van der Waals surface area (Å²) < 4.78 is 1.44. The first kappa shape index (κ1) is 20.1. The van der Waals surface area contributed by atoms with Gasteiger partial charge in [-0.05, 0) is 30.7 Å². The number of hydrogen-bond acceptors (Lipinski definition) is 4. The molecule has 0 aliphatic rings. The van der Waals surface area contributed by atoms with Crippen molar-refractivity contribution in [1.29, 1.82) is 0 Å². The molecule has 0 amide bonds. The van der Waals surface area contributed by atoms with Gasteiger partial charge in [0.25, 0.3) is 5.56 Å². The molecule has 0 radical (unpaired) electrons. The molecule has 2 aromatic heterocycles. The van der Waals surface area contributed by atoms with Gasteiger partial charge in [0.05, 0.1) is 10.7 Å². The molecule has 0 saturated carbocycles. The van der Waals surface area contributed by atoms with Crippen molar-refractivity contribution in [3.8, 4) is 5.75 Å². The Hall–Kier alpha value is -3.15. The Balaban J connectivity index is 1.70. The average molecular weight is 420 g/mol. The number of phenolic OH excluding ortho intramolecular Hbond substituents is 1. The number of phenols is 1. The molecule has 0 unspecified atom stereocenters. The highest BCUT2D eigenvalue weighted by Gasteiger charge is 2.19. The summed E-state index contributed by atoms with van der Waals surface area (Å²) in [6.07, 6.45) is 1.57. The summed E-state index contributed by atoms with van der Waals surface area (Å²) in [5, 5.41) is 10.8. The van der Waals surface area contributed by atoms with Crippen LogP contribution in [0.1, 0.15) is 29.8 Å². The number of fused-ring (bicyclic) bond motifs is 1. The first-order valence-electron chi connectivity index (χ1n) is 9.75. The maximum Gasteiger partial charge on any atom is 0.258 e. The second-order valence-corrected chi connectivity index (χ2v) is 7.72. The molecular weight excluding hydrogens is 398 g/mol. The first-order valence-corrected chi connectivity index (χ1v) is 10.1. The van der Waals surface area contributed by atoms with Gasteiger partial charge < -0.3 is 5.11 Å². The van der Waals surface area contributed by atoms with Crippen LogP contribution < -0.4 is 5.56 Å². The lowest BCUT2D eigenvalue weighted by molar-refractivity contribution is 0.187. The zero-order valence-corrected chi connectivity index (χ0v) is 17.3. The fraction of sp³-hybridized carbons (Fsp3) is 0.167. The maximum absolute atomic E-state index is 12.6. The fourth-order valence-electron chi connectivity index (χ4n) is 3.55. The van der Waals surface area contributed by atoms with Crippen LogP contribution in [0.15, 0.2) is 83.8 Å². The standard InChI is InChI=1S/C24H22ClN3O2/c1-17(18-7-3-2-4-8-18)27(14-19-9-5-6-10-22(19)29)16-21-13-24(30)28-15-20(25)11-12-23(28)26-21/h2-13,15,17,29H,14,16H2,1H3/t17-/m1/s1. The molecule has 6 heteroatoms. The normalized spacial score (nSPS) is 12.4. The number of benzene rings is 2. The molecule has 0 saturated heterocycles. The van der Waals surface area contributed by atoms with Crippen LogP contribution in [-0.4, -0.2) is 19.4 Å². The lowest BCUT2D eigenvalue weighted by Crippen LogP contribution is -2.28. The van der Waals surface area contributed by atoms with Gasteiger partial charge in [0, 0.05) is 37.0 Å². The van der Waals surface area contributed by atoms with Crippen LogP contribution >= 0.6 is 11.6 Å². The molecule has 0 aliphatic carbocycles. The number of rotatable bonds is 6. The molecule has 1 N–H and O–H groups in total. The smallest absolute Gasteiger partial charge is 0.258 e. The monoisotopic (exact) mass is 419 g/mol. The van der Waals surface area contributed by atoms with E-state index in [2.05, 4.69) is 28.9 Å². The Morgan fingerprint density at radius 3 is 2.53 bits per heavy atom. The van der Waals surface area contributed by atoms with Crippen molar-refractivity contribution in [2.75, 3.05) is 0 Å². The van der Waals surface area contributed by atoms with Crippen LogP contribution in [0.2, 0.25) is 5.02 Å². The summed E-state index contributed by atoms with van der Waals surface area (Å²) >= 11 is 6.01. The van der Waals surface area contributed by atoms with E-state index in [0.717, 1.165) is 11.1 Å².